The first-order chi connectivity index (χ1) is 15.9. The number of carbonyl (C=O) groups is 3. The van der Waals surface area contributed by atoms with Gasteiger partial charge < -0.3 is 33.4 Å². The van der Waals surface area contributed by atoms with Gasteiger partial charge in [0, 0.05) is 25.2 Å². The SMILES string of the molecule is CNC(=O)N(/C=C\C=O)C1OC(COP(N[C@@H](C)C=O)Oc2ccc3c(c2)OCO3)CC1C. The number of allylic oxidation sites excluding steroid dienone is 1. The molecule has 5 atom stereocenters. The van der Waals surface area contributed by atoms with E-state index in [0.29, 0.717) is 30.0 Å². The Morgan fingerprint density at radius 3 is 2.85 bits per heavy atom. The van der Waals surface area contributed by atoms with Gasteiger partial charge in [0.1, 0.15) is 24.5 Å². The molecule has 1 fully saturated rings. The van der Waals surface area contributed by atoms with Gasteiger partial charge in [-0.2, -0.15) is 0 Å². The van der Waals surface area contributed by atoms with E-state index in [1.54, 1.807) is 25.1 Å². The van der Waals surface area contributed by atoms with Gasteiger partial charge in [-0.1, -0.05) is 6.92 Å². The molecular weight excluding hydrogens is 453 g/mol. The fraction of sp³-hybridized carbons (Fsp3) is 0.476. The van der Waals surface area contributed by atoms with Crippen molar-refractivity contribution >= 4 is 27.1 Å². The van der Waals surface area contributed by atoms with Crippen molar-refractivity contribution in [1.82, 2.24) is 15.3 Å². The van der Waals surface area contributed by atoms with Crippen LogP contribution in [0.4, 0.5) is 4.79 Å². The monoisotopic (exact) mass is 481 g/mol. The summed E-state index contributed by atoms with van der Waals surface area (Å²) < 4.78 is 28.6. The van der Waals surface area contributed by atoms with E-state index < -0.39 is 20.8 Å². The number of ether oxygens (including phenoxy) is 3. The van der Waals surface area contributed by atoms with Crippen LogP contribution in [-0.2, 0) is 18.8 Å². The first-order valence-electron chi connectivity index (χ1n) is 10.4. The van der Waals surface area contributed by atoms with Crippen LogP contribution in [0.3, 0.4) is 0 Å². The number of nitrogens with one attached hydrogen (secondary N) is 2. The van der Waals surface area contributed by atoms with Crippen LogP contribution in [-0.4, -0.2) is 62.3 Å². The van der Waals surface area contributed by atoms with Crippen molar-refractivity contribution in [2.75, 3.05) is 20.4 Å². The maximum atomic E-state index is 12.2. The molecule has 0 radical (unpaired) electrons. The van der Waals surface area contributed by atoms with Crippen molar-refractivity contribution in [3.63, 3.8) is 0 Å². The number of fused-ring (bicyclic) bond motifs is 1. The van der Waals surface area contributed by atoms with E-state index >= 15 is 0 Å². The Bertz CT molecular complexity index is 870. The van der Waals surface area contributed by atoms with E-state index in [4.69, 9.17) is 23.3 Å². The molecule has 12 heteroatoms. The number of hydrogen-bond donors (Lipinski definition) is 2. The molecule has 0 saturated carbocycles. The summed E-state index contributed by atoms with van der Waals surface area (Å²) in [6.45, 7) is 3.97. The number of benzene rings is 1. The van der Waals surface area contributed by atoms with E-state index in [1.165, 1.54) is 24.2 Å². The van der Waals surface area contributed by atoms with Gasteiger partial charge in [0.2, 0.25) is 6.79 Å². The number of amides is 2. The molecule has 0 bridgehead atoms. The molecule has 2 N–H and O–H groups in total. The van der Waals surface area contributed by atoms with Crippen LogP contribution in [0.2, 0.25) is 0 Å². The summed E-state index contributed by atoms with van der Waals surface area (Å²) in [4.78, 5) is 35.4. The van der Waals surface area contributed by atoms with Gasteiger partial charge in [-0.05, 0) is 31.6 Å². The van der Waals surface area contributed by atoms with Crippen LogP contribution < -0.4 is 24.4 Å². The topological polar surface area (TPSA) is 125 Å². The van der Waals surface area contributed by atoms with Crippen LogP contribution in [0, 0.1) is 5.92 Å². The van der Waals surface area contributed by atoms with E-state index in [0.717, 1.165) is 6.29 Å². The fourth-order valence-electron chi connectivity index (χ4n) is 3.36. The molecule has 2 heterocycles. The zero-order valence-corrected chi connectivity index (χ0v) is 19.5. The van der Waals surface area contributed by atoms with Gasteiger partial charge in [0.15, 0.2) is 11.5 Å². The Hall–Kier alpha value is -2.72. The van der Waals surface area contributed by atoms with E-state index in [2.05, 4.69) is 10.4 Å². The van der Waals surface area contributed by atoms with Gasteiger partial charge in [-0.15, -0.1) is 0 Å². The van der Waals surface area contributed by atoms with Crippen LogP contribution in [0.1, 0.15) is 20.3 Å². The number of urea groups is 1. The van der Waals surface area contributed by atoms with Gasteiger partial charge in [0.05, 0.1) is 18.8 Å². The molecule has 0 aliphatic carbocycles. The van der Waals surface area contributed by atoms with E-state index in [1.807, 2.05) is 6.92 Å². The molecule has 11 nitrogen and oxygen atoms in total. The average molecular weight is 481 g/mol. The molecule has 0 spiro atoms. The van der Waals surface area contributed by atoms with Crippen molar-refractivity contribution in [3.8, 4) is 17.2 Å². The first kappa shape index (κ1) is 24.9. The number of hydrogen-bond acceptors (Lipinski definition) is 9. The van der Waals surface area contributed by atoms with Crippen molar-refractivity contribution < 1.29 is 37.6 Å². The number of aldehydes is 2. The average Bonchev–Trinajstić information content (AvgIpc) is 3.43. The molecule has 1 aromatic carbocycles. The smallest absolute Gasteiger partial charge is 0.323 e. The number of nitrogens with zero attached hydrogens (tertiary/aromatic N) is 1. The van der Waals surface area contributed by atoms with Crippen LogP contribution in [0.15, 0.2) is 30.5 Å². The van der Waals surface area contributed by atoms with Crippen LogP contribution in [0.5, 0.6) is 17.2 Å². The molecule has 2 aliphatic rings. The molecule has 1 saturated heterocycles. The lowest BCUT2D eigenvalue weighted by Gasteiger charge is -2.27. The third-order valence-corrected chi connectivity index (χ3v) is 6.30. The zero-order valence-electron chi connectivity index (χ0n) is 18.6. The molecule has 0 aromatic heterocycles. The first-order valence-corrected chi connectivity index (χ1v) is 11.6. The van der Waals surface area contributed by atoms with E-state index in [9.17, 15) is 14.4 Å². The Kier molecular flexibility index (Phi) is 9.02. The van der Waals surface area contributed by atoms with E-state index in [-0.39, 0.29) is 31.5 Å². The summed E-state index contributed by atoms with van der Waals surface area (Å²) in [5, 5.41) is 5.55. The van der Waals surface area contributed by atoms with Crippen molar-refractivity contribution in [2.24, 2.45) is 5.92 Å². The van der Waals surface area contributed by atoms with Crippen molar-refractivity contribution in [3.05, 3.63) is 30.5 Å². The van der Waals surface area contributed by atoms with Gasteiger partial charge >= 0.3 is 14.6 Å². The highest BCUT2D eigenvalue weighted by molar-refractivity contribution is 7.45. The Morgan fingerprint density at radius 1 is 1.33 bits per heavy atom. The summed E-state index contributed by atoms with van der Waals surface area (Å²) in [6.07, 6.45) is 3.72. The molecule has 33 heavy (non-hydrogen) atoms. The minimum absolute atomic E-state index is 0.00457. The van der Waals surface area contributed by atoms with Crippen molar-refractivity contribution in [2.45, 2.75) is 38.6 Å². The van der Waals surface area contributed by atoms with Gasteiger partial charge in [0.25, 0.3) is 0 Å². The second-order valence-electron chi connectivity index (χ2n) is 7.51. The quantitative estimate of drug-likeness (QED) is 0.278. The molecule has 1 aromatic rings. The summed E-state index contributed by atoms with van der Waals surface area (Å²) in [5.41, 5.74) is 0. The molecule has 3 rings (SSSR count). The summed E-state index contributed by atoms with van der Waals surface area (Å²) in [5.74, 6) is 1.69. The lowest BCUT2D eigenvalue weighted by atomic mass is 10.1. The highest BCUT2D eigenvalue weighted by atomic mass is 31.2. The maximum absolute atomic E-state index is 12.2. The lowest BCUT2D eigenvalue weighted by molar-refractivity contribution is -0.109. The molecular formula is C21H28N3O8P. The highest BCUT2D eigenvalue weighted by Crippen LogP contribution is 2.42. The summed E-state index contributed by atoms with van der Waals surface area (Å²) >= 11 is 0. The molecule has 2 amide bonds. The Labute approximate surface area is 193 Å². The van der Waals surface area contributed by atoms with Crippen LogP contribution >= 0.6 is 8.53 Å². The maximum Gasteiger partial charge on any atom is 0.323 e. The third kappa shape index (κ3) is 6.64. The molecule has 180 valence electrons. The lowest BCUT2D eigenvalue weighted by Crippen LogP contribution is -2.44. The zero-order chi connectivity index (χ0) is 23.8. The molecule has 2 aliphatic heterocycles. The minimum atomic E-state index is -1.68. The fourth-order valence-corrected chi connectivity index (χ4v) is 4.54. The Morgan fingerprint density at radius 2 is 2.12 bits per heavy atom. The largest absolute Gasteiger partial charge is 0.454 e. The third-order valence-electron chi connectivity index (χ3n) is 4.92. The molecule has 4 unspecified atom stereocenters. The van der Waals surface area contributed by atoms with Crippen LogP contribution in [0.25, 0.3) is 0 Å². The number of rotatable bonds is 11. The Balaban J connectivity index is 1.62. The minimum Gasteiger partial charge on any atom is -0.454 e. The van der Waals surface area contributed by atoms with Crippen molar-refractivity contribution in [1.29, 1.82) is 0 Å². The summed E-state index contributed by atoms with van der Waals surface area (Å²) in [7, 11) is -0.180. The second kappa shape index (κ2) is 11.9. The predicted molar refractivity (Wildman–Crippen MR) is 119 cm³/mol. The number of carbonyl (C=O) groups excluding carboxylic acids is 3. The second-order valence-corrected chi connectivity index (χ2v) is 8.73. The highest BCUT2D eigenvalue weighted by Gasteiger charge is 2.38. The van der Waals surface area contributed by atoms with Gasteiger partial charge in [-0.3, -0.25) is 9.69 Å². The van der Waals surface area contributed by atoms with Gasteiger partial charge in [-0.25, -0.2) is 9.88 Å². The summed E-state index contributed by atoms with van der Waals surface area (Å²) in [6, 6.07) is 4.28. The standard InChI is InChI=1S/C21H28N3O8P/c1-14-9-17(31-20(14)24(7-4-8-25)21(27)22-3)12-30-33(23-15(2)11-26)32-16-5-6-18-19(10-16)29-13-28-18/h4-8,10-11,14-15,17,20,23H,9,12-13H2,1-3H3,(H,22,27)/b7-4-/t14?,15-,17?,20?,33?/m0/s1. The normalized spacial score (nSPS) is 23.2. The predicted octanol–water partition coefficient (Wildman–Crippen LogP) is 2.32.